The second-order valence-corrected chi connectivity index (χ2v) is 5.39. The highest BCUT2D eigenvalue weighted by Crippen LogP contribution is 2.54. The van der Waals surface area contributed by atoms with Crippen LogP contribution in [0.25, 0.3) is 11.0 Å². The van der Waals surface area contributed by atoms with E-state index in [4.69, 9.17) is 0 Å². The Morgan fingerprint density at radius 1 is 1.29 bits per heavy atom. The molecule has 2 aliphatic rings. The molecule has 4 rings (SSSR count). The van der Waals surface area contributed by atoms with Crippen molar-refractivity contribution in [2.75, 3.05) is 6.54 Å². The minimum atomic E-state index is 0.347. The standard InChI is InChI=1S/C14H15N3/c1-16-8-11-12(14(9-16)5-6-14)10-4-3-7-15-13(10)17(11)2/h3-4,7H,1-2,5-6,8-9H2/q-2. The first kappa shape index (κ1) is 9.54. The Kier molecular flexibility index (Phi) is 1.60. The second-order valence-electron chi connectivity index (χ2n) is 5.39. The second kappa shape index (κ2) is 2.85. The predicted octanol–water partition coefficient (Wildman–Crippen LogP) is 2.31. The van der Waals surface area contributed by atoms with E-state index in [1.165, 1.54) is 29.5 Å². The lowest BCUT2D eigenvalue weighted by Gasteiger charge is -2.40. The molecule has 1 fully saturated rings. The SMILES string of the molecule is [CH2-]N1Cc2c(c3cccnc3n2[CH2-])C2(CC2)C1. The smallest absolute Gasteiger partial charge is 0.0324 e. The zero-order valence-corrected chi connectivity index (χ0v) is 9.82. The van der Waals surface area contributed by atoms with Crippen LogP contribution in [-0.2, 0) is 12.0 Å². The number of pyridine rings is 1. The fraction of sp³-hybridized carbons (Fsp3) is 0.357. The normalized spacial score (nSPS) is 21.9. The van der Waals surface area contributed by atoms with Gasteiger partial charge in [-0.25, -0.2) is 0 Å². The van der Waals surface area contributed by atoms with Crippen molar-refractivity contribution in [3.63, 3.8) is 0 Å². The number of hydrogen-bond donors (Lipinski definition) is 0. The van der Waals surface area contributed by atoms with Gasteiger partial charge in [-0.1, -0.05) is 17.3 Å². The molecule has 0 radical (unpaired) electrons. The van der Waals surface area contributed by atoms with Crippen molar-refractivity contribution in [1.82, 2.24) is 14.5 Å². The first-order chi connectivity index (χ1) is 8.21. The molecule has 0 aromatic carbocycles. The van der Waals surface area contributed by atoms with Crippen LogP contribution in [0.1, 0.15) is 24.1 Å². The number of aromatic nitrogens is 2. The van der Waals surface area contributed by atoms with Crippen molar-refractivity contribution in [3.8, 4) is 0 Å². The average molecular weight is 225 g/mol. The van der Waals surface area contributed by atoms with Crippen LogP contribution in [0, 0.1) is 14.1 Å². The summed E-state index contributed by atoms with van der Waals surface area (Å²) in [4.78, 5) is 6.63. The van der Waals surface area contributed by atoms with E-state index in [1.807, 2.05) is 16.8 Å². The molecule has 1 aliphatic carbocycles. The molecule has 1 aliphatic heterocycles. The number of fused-ring (bicyclic) bond motifs is 4. The van der Waals surface area contributed by atoms with E-state index in [1.54, 1.807) is 0 Å². The predicted molar refractivity (Wildman–Crippen MR) is 67.2 cm³/mol. The number of hydrogen-bond acceptors (Lipinski definition) is 2. The summed E-state index contributed by atoms with van der Waals surface area (Å²) in [6.45, 7) is 1.96. The van der Waals surface area contributed by atoms with Gasteiger partial charge in [0.25, 0.3) is 0 Å². The Labute approximate surface area is 101 Å². The molecule has 2 aromatic rings. The highest BCUT2D eigenvalue weighted by molar-refractivity contribution is 5.84. The van der Waals surface area contributed by atoms with Gasteiger partial charge in [0.2, 0.25) is 0 Å². The molecule has 17 heavy (non-hydrogen) atoms. The topological polar surface area (TPSA) is 21.1 Å². The zero-order chi connectivity index (χ0) is 11.6. The third-order valence-electron chi connectivity index (χ3n) is 4.21. The Morgan fingerprint density at radius 3 is 2.88 bits per heavy atom. The summed E-state index contributed by atoms with van der Waals surface area (Å²) < 4.78 is 2.00. The molecule has 0 saturated heterocycles. The van der Waals surface area contributed by atoms with Gasteiger partial charge in [-0.05, 0) is 42.8 Å². The number of rotatable bonds is 0. The molecule has 0 N–H and O–H groups in total. The van der Waals surface area contributed by atoms with E-state index < -0.39 is 0 Å². The van der Waals surface area contributed by atoms with E-state index in [0.29, 0.717) is 5.41 Å². The van der Waals surface area contributed by atoms with Gasteiger partial charge in [0.05, 0.1) is 0 Å². The highest BCUT2D eigenvalue weighted by atomic mass is 15.2. The molecule has 1 spiro atoms. The summed E-state index contributed by atoms with van der Waals surface area (Å²) in [6, 6.07) is 4.21. The molecule has 3 heterocycles. The van der Waals surface area contributed by atoms with Crippen LogP contribution in [0.5, 0.6) is 0 Å². The Hall–Kier alpha value is -1.48. The first-order valence-corrected chi connectivity index (χ1v) is 6.06. The summed E-state index contributed by atoms with van der Waals surface area (Å²) in [7, 11) is 8.26. The quantitative estimate of drug-likeness (QED) is 0.641. The molecule has 3 nitrogen and oxygen atoms in total. The lowest BCUT2D eigenvalue weighted by molar-refractivity contribution is 0.295. The monoisotopic (exact) mass is 225 g/mol. The Bertz CT molecular complexity index is 607. The highest BCUT2D eigenvalue weighted by Gasteiger charge is 2.47. The molecular weight excluding hydrogens is 210 g/mol. The van der Waals surface area contributed by atoms with E-state index in [9.17, 15) is 0 Å². The summed E-state index contributed by atoms with van der Waals surface area (Å²) in [6.07, 6.45) is 4.40. The lowest BCUT2D eigenvalue weighted by atomic mass is 9.89. The average Bonchev–Trinajstić information content (AvgIpc) is 3.01. The maximum Gasteiger partial charge on any atom is 0.0324 e. The van der Waals surface area contributed by atoms with Gasteiger partial charge in [-0.3, -0.25) is 7.05 Å². The van der Waals surface area contributed by atoms with Crippen molar-refractivity contribution in [2.24, 2.45) is 0 Å². The van der Waals surface area contributed by atoms with Crippen molar-refractivity contribution in [1.29, 1.82) is 0 Å². The van der Waals surface area contributed by atoms with Gasteiger partial charge in [0.15, 0.2) is 0 Å². The third-order valence-corrected chi connectivity index (χ3v) is 4.21. The van der Waals surface area contributed by atoms with Gasteiger partial charge in [0.1, 0.15) is 0 Å². The molecule has 1 saturated carbocycles. The fourth-order valence-corrected chi connectivity index (χ4v) is 3.32. The molecule has 3 heteroatoms. The van der Waals surface area contributed by atoms with Crippen molar-refractivity contribution in [2.45, 2.75) is 24.8 Å². The van der Waals surface area contributed by atoms with Crippen LogP contribution >= 0.6 is 0 Å². The molecule has 0 bridgehead atoms. The Balaban J connectivity index is 2.10. The molecular formula is C14H15N3-2. The van der Waals surface area contributed by atoms with Crippen LogP contribution in [0.3, 0.4) is 0 Å². The first-order valence-electron chi connectivity index (χ1n) is 6.06. The summed E-state index contributed by atoms with van der Waals surface area (Å²) in [5.74, 6) is 0. The summed E-state index contributed by atoms with van der Waals surface area (Å²) in [5.41, 5.74) is 4.16. The summed E-state index contributed by atoms with van der Waals surface area (Å²) in [5, 5.41) is 1.29. The minimum absolute atomic E-state index is 0.347. The largest absolute Gasteiger partial charge is 0.468 e. The molecule has 88 valence electrons. The molecule has 0 unspecified atom stereocenters. The maximum atomic E-state index is 4.47. The van der Waals surface area contributed by atoms with Gasteiger partial charge < -0.3 is 14.5 Å². The van der Waals surface area contributed by atoms with Gasteiger partial charge in [-0.2, -0.15) is 0 Å². The van der Waals surface area contributed by atoms with Crippen LogP contribution < -0.4 is 0 Å². The Morgan fingerprint density at radius 2 is 2.12 bits per heavy atom. The van der Waals surface area contributed by atoms with Crippen LogP contribution in [0.15, 0.2) is 18.3 Å². The van der Waals surface area contributed by atoms with Gasteiger partial charge >= 0.3 is 0 Å². The van der Waals surface area contributed by atoms with Crippen molar-refractivity contribution >= 4 is 11.0 Å². The minimum Gasteiger partial charge on any atom is -0.468 e. The van der Waals surface area contributed by atoms with Gasteiger partial charge in [0, 0.05) is 11.8 Å². The van der Waals surface area contributed by atoms with Crippen LogP contribution in [0.2, 0.25) is 0 Å². The zero-order valence-electron chi connectivity index (χ0n) is 9.82. The van der Waals surface area contributed by atoms with Gasteiger partial charge in [-0.15, -0.1) is 7.05 Å². The fourth-order valence-electron chi connectivity index (χ4n) is 3.32. The van der Waals surface area contributed by atoms with Crippen LogP contribution in [-0.4, -0.2) is 21.0 Å². The van der Waals surface area contributed by atoms with E-state index >= 15 is 0 Å². The lowest BCUT2D eigenvalue weighted by Crippen LogP contribution is -2.34. The maximum absolute atomic E-state index is 4.47. The van der Waals surface area contributed by atoms with Crippen molar-refractivity contribution < 1.29 is 0 Å². The molecule has 0 atom stereocenters. The number of nitrogens with zero attached hydrogens (tertiary/aromatic N) is 3. The van der Waals surface area contributed by atoms with E-state index in [-0.39, 0.29) is 0 Å². The summed E-state index contributed by atoms with van der Waals surface area (Å²) >= 11 is 0. The van der Waals surface area contributed by atoms with E-state index in [0.717, 1.165) is 18.7 Å². The molecule has 2 aromatic heterocycles. The van der Waals surface area contributed by atoms with Crippen LogP contribution in [0.4, 0.5) is 0 Å². The molecule has 0 amide bonds. The van der Waals surface area contributed by atoms with Crippen molar-refractivity contribution in [3.05, 3.63) is 43.7 Å². The third kappa shape index (κ3) is 1.10. The van der Waals surface area contributed by atoms with E-state index in [2.05, 4.69) is 30.0 Å².